The van der Waals surface area contributed by atoms with Gasteiger partial charge in [0.2, 0.25) is 0 Å². The third-order valence-electron chi connectivity index (χ3n) is 3.26. The normalized spacial score (nSPS) is 9.95. The lowest BCUT2D eigenvalue weighted by Gasteiger charge is -2.12. The Morgan fingerprint density at radius 2 is 1.59 bits per heavy atom. The van der Waals surface area contributed by atoms with Crippen LogP contribution in [-0.2, 0) is 6.54 Å². The van der Waals surface area contributed by atoms with Gasteiger partial charge in [0.15, 0.2) is 11.5 Å². The van der Waals surface area contributed by atoms with Gasteiger partial charge in [0, 0.05) is 12.1 Å². The summed E-state index contributed by atoms with van der Waals surface area (Å²) in [5.41, 5.74) is 2.02. The van der Waals surface area contributed by atoms with Crippen LogP contribution in [0.5, 0.6) is 17.2 Å². The fourth-order valence-corrected chi connectivity index (χ4v) is 2.20. The van der Waals surface area contributed by atoms with Crippen LogP contribution in [-0.4, -0.2) is 26.3 Å². The highest BCUT2D eigenvalue weighted by Gasteiger charge is 2.08. The van der Waals surface area contributed by atoms with Gasteiger partial charge in [-0.1, -0.05) is 24.4 Å². The average molecular weight is 317 g/mol. The summed E-state index contributed by atoms with van der Waals surface area (Å²) in [6, 6.07) is 13.5. The second-order valence-electron chi connectivity index (χ2n) is 4.60. The molecule has 2 aromatic carbocycles. The van der Waals surface area contributed by atoms with Gasteiger partial charge in [0.1, 0.15) is 10.7 Å². The first-order valence-corrected chi connectivity index (χ1v) is 7.22. The van der Waals surface area contributed by atoms with Crippen LogP contribution in [0.1, 0.15) is 11.1 Å². The third kappa shape index (κ3) is 3.89. The third-order valence-corrected chi connectivity index (χ3v) is 3.64. The predicted octanol–water partition coefficient (Wildman–Crippen LogP) is 3.18. The molecule has 0 aromatic heterocycles. The maximum absolute atomic E-state index is 5.42. The summed E-state index contributed by atoms with van der Waals surface area (Å²) < 4.78 is 15.7. The minimum Gasteiger partial charge on any atom is -0.497 e. The van der Waals surface area contributed by atoms with Crippen molar-refractivity contribution in [3.05, 3.63) is 53.6 Å². The minimum absolute atomic E-state index is 0.650. The van der Waals surface area contributed by atoms with Crippen molar-refractivity contribution in [2.75, 3.05) is 21.3 Å². The SMILES string of the molecule is COc1ccc(CNC(=S)c2ccc(OC)c(OC)c2)cc1. The molecule has 4 nitrogen and oxygen atoms in total. The quantitative estimate of drug-likeness (QED) is 0.829. The molecule has 0 unspecified atom stereocenters. The van der Waals surface area contributed by atoms with Gasteiger partial charge in [0.25, 0.3) is 0 Å². The Balaban J connectivity index is 2.02. The summed E-state index contributed by atoms with van der Waals surface area (Å²) in [5.74, 6) is 2.18. The molecule has 0 spiro atoms. The highest BCUT2D eigenvalue weighted by molar-refractivity contribution is 7.80. The maximum Gasteiger partial charge on any atom is 0.161 e. The van der Waals surface area contributed by atoms with E-state index in [4.69, 9.17) is 26.4 Å². The molecule has 0 aliphatic heterocycles. The van der Waals surface area contributed by atoms with Gasteiger partial charge in [-0.15, -0.1) is 0 Å². The van der Waals surface area contributed by atoms with Crippen LogP contribution in [0.4, 0.5) is 0 Å². The van der Waals surface area contributed by atoms with Crippen molar-refractivity contribution in [2.45, 2.75) is 6.54 Å². The topological polar surface area (TPSA) is 39.7 Å². The predicted molar refractivity (Wildman–Crippen MR) is 91.1 cm³/mol. The Labute approximate surface area is 136 Å². The first kappa shape index (κ1) is 16.1. The number of benzene rings is 2. The van der Waals surface area contributed by atoms with E-state index in [-0.39, 0.29) is 0 Å². The summed E-state index contributed by atoms with van der Waals surface area (Å²) in [4.78, 5) is 0.664. The van der Waals surface area contributed by atoms with Crippen molar-refractivity contribution in [1.29, 1.82) is 0 Å². The first-order valence-electron chi connectivity index (χ1n) is 6.81. The van der Waals surface area contributed by atoms with E-state index >= 15 is 0 Å². The van der Waals surface area contributed by atoms with E-state index < -0.39 is 0 Å². The van der Waals surface area contributed by atoms with Crippen molar-refractivity contribution in [2.24, 2.45) is 0 Å². The molecule has 0 saturated carbocycles. The molecule has 5 heteroatoms. The first-order chi connectivity index (χ1) is 10.7. The Kier molecular flexibility index (Phi) is 5.61. The Bertz CT molecular complexity index is 641. The molecule has 116 valence electrons. The molecule has 1 N–H and O–H groups in total. The lowest BCUT2D eigenvalue weighted by Crippen LogP contribution is -2.21. The molecule has 0 saturated heterocycles. The van der Waals surface area contributed by atoms with Gasteiger partial charge in [0.05, 0.1) is 21.3 Å². The fourth-order valence-electron chi connectivity index (χ4n) is 2.01. The highest BCUT2D eigenvalue weighted by Crippen LogP contribution is 2.27. The van der Waals surface area contributed by atoms with E-state index in [1.807, 2.05) is 42.5 Å². The molecule has 0 heterocycles. The molecule has 0 radical (unpaired) electrons. The standard InChI is InChI=1S/C17H19NO3S/c1-19-14-7-4-12(5-8-14)11-18-17(22)13-6-9-15(20-2)16(10-13)21-3/h4-10H,11H2,1-3H3,(H,18,22). The van der Waals surface area contributed by atoms with Crippen LogP contribution in [0.15, 0.2) is 42.5 Å². The zero-order valence-electron chi connectivity index (χ0n) is 12.9. The molecular weight excluding hydrogens is 298 g/mol. The Hall–Kier alpha value is -2.27. The number of rotatable bonds is 6. The second kappa shape index (κ2) is 7.66. The van der Waals surface area contributed by atoms with E-state index in [2.05, 4.69) is 5.32 Å². The van der Waals surface area contributed by atoms with Crippen molar-refractivity contribution in [3.8, 4) is 17.2 Å². The number of nitrogens with one attached hydrogen (secondary N) is 1. The zero-order chi connectivity index (χ0) is 15.9. The Morgan fingerprint density at radius 1 is 0.909 bits per heavy atom. The fraction of sp³-hybridized carbons (Fsp3) is 0.235. The van der Waals surface area contributed by atoms with Gasteiger partial charge < -0.3 is 19.5 Å². The van der Waals surface area contributed by atoms with E-state index in [1.165, 1.54) is 0 Å². The van der Waals surface area contributed by atoms with Crippen LogP contribution >= 0.6 is 12.2 Å². The summed E-state index contributed by atoms with van der Waals surface area (Å²) >= 11 is 5.42. The molecule has 0 bridgehead atoms. The van der Waals surface area contributed by atoms with Gasteiger partial charge in [-0.2, -0.15) is 0 Å². The number of ether oxygens (including phenoxy) is 3. The van der Waals surface area contributed by atoms with Crippen LogP contribution < -0.4 is 19.5 Å². The molecule has 2 rings (SSSR count). The molecule has 0 atom stereocenters. The molecular formula is C17H19NO3S. The summed E-state index contributed by atoms with van der Waals surface area (Å²) in [7, 11) is 4.87. The van der Waals surface area contributed by atoms with Crippen molar-refractivity contribution in [3.63, 3.8) is 0 Å². The van der Waals surface area contributed by atoms with E-state index in [9.17, 15) is 0 Å². The van der Waals surface area contributed by atoms with Gasteiger partial charge in [-0.05, 0) is 35.9 Å². The molecule has 0 aliphatic rings. The van der Waals surface area contributed by atoms with Gasteiger partial charge >= 0.3 is 0 Å². The monoisotopic (exact) mass is 317 g/mol. The Morgan fingerprint density at radius 3 is 2.18 bits per heavy atom. The van der Waals surface area contributed by atoms with Crippen LogP contribution in [0.2, 0.25) is 0 Å². The maximum atomic E-state index is 5.42. The lowest BCUT2D eigenvalue weighted by atomic mass is 10.1. The van der Waals surface area contributed by atoms with Crippen LogP contribution in [0.25, 0.3) is 0 Å². The molecule has 0 fully saturated rings. The van der Waals surface area contributed by atoms with Crippen LogP contribution in [0, 0.1) is 0 Å². The van der Waals surface area contributed by atoms with Gasteiger partial charge in [-0.25, -0.2) is 0 Å². The van der Waals surface area contributed by atoms with E-state index in [0.717, 1.165) is 16.9 Å². The largest absolute Gasteiger partial charge is 0.497 e. The van der Waals surface area contributed by atoms with Crippen molar-refractivity contribution in [1.82, 2.24) is 5.32 Å². The van der Waals surface area contributed by atoms with Gasteiger partial charge in [-0.3, -0.25) is 0 Å². The van der Waals surface area contributed by atoms with Crippen molar-refractivity contribution >= 4 is 17.2 Å². The number of hydrogen-bond acceptors (Lipinski definition) is 4. The smallest absolute Gasteiger partial charge is 0.161 e. The van der Waals surface area contributed by atoms with E-state index in [0.29, 0.717) is 23.0 Å². The van der Waals surface area contributed by atoms with Crippen LogP contribution in [0.3, 0.4) is 0 Å². The van der Waals surface area contributed by atoms with E-state index in [1.54, 1.807) is 21.3 Å². The number of methoxy groups -OCH3 is 3. The summed E-state index contributed by atoms with van der Waals surface area (Å²) in [6.07, 6.45) is 0. The summed E-state index contributed by atoms with van der Waals surface area (Å²) in [6.45, 7) is 0.650. The molecule has 0 aliphatic carbocycles. The lowest BCUT2D eigenvalue weighted by molar-refractivity contribution is 0.355. The molecule has 2 aromatic rings. The molecule has 22 heavy (non-hydrogen) atoms. The molecule has 0 amide bonds. The minimum atomic E-state index is 0.650. The average Bonchev–Trinajstić information content (AvgIpc) is 2.59. The zero-order valence-corrected chi connectivity index (χ0v) is 13.7. The van der Waals surface area contributed by atoms with Crippen molar-refractivity contribution < 1.29 is 14.2 Å². The second-order valence-corrected chi connectivity index (χ2v) is 5.01. The highest BCUT2D eigenvalue weighted by atomic mass is 32.1. The number of thiocarbonyl (C=S) groups is 1. The summed E-state index contributed by atoms with van der Waals surface area (Å²) in [5, 5.41) is 3.24. The number of hydrogen-bond donors (Lipinski definition) is 1.